The van der Waals surface area contributed by atoms with Crippen molar-refractivity contribution in [2.75, 3.05) is 7.11 Å². The zero-order valence-electron chi connectivity index (χ0n) is 14.5. The molecule has 0 saturated carbocycles. The molecule has 0 aliphatic rings. The molecule has 138 valence electrons. The van der Waals surface area contributed by atoms with E-state index in [-0.39, 0.29) is 21.6 Å². The van der Waals surface area contributed by atoms with Gasteiger partial charge in [0, 0.05) is 5.56 Å². The van der Waals surface area contributed by atoms with Crippen molar-refractivity contribution in [1.82, 2.24) is 4.98 Å². The van der Waals surface area contributed by atoms with Crippen LogP contribution >= 0.6 is 34.5 Å². The second kappa shape index (κ2) is 8.13. The number of thiazole rings is 1. The van der Waals surface area contributed by atoms with E-state index in [1.165, 1.54) is 23.5 Å². The lowest BCUT2D eigenvalue weighted by atomic mass is 10.1. The number of methoxy groups -OCH3 is 1. The summed E-state index contributed by atoms with van der Waals surface area (Å²) in [6, 6.07) is 10.5. The summed E-state index contributed by atoms with van der Waals surface area (Å²) in [6.07, 6.45) is 3.00. The first-order chi connectivity index (χ1) is 12.9. The van der Waals surface area contributed by atoms with Crippen LogP contribution in [0, 0.1) is 6.92 Å². The molecule has 0 saturated heterocycles. The van der Waals surface area contributed by atoms with Crippen LogP contribution in [0.15, 0.2) is 42.5 Å². The van der Waals surface area contributed by atoms with Crippen molar-refractivity contribution in [3.05, 3.63) is 68.7 Å². The number of ether oxygens (including phenoxy) is 1. The van der Waals surface area contributed by atoms with Crippen LogP contribution in [-0.4, -0.2) is 23.0 Å². The van der Waals surface area contributed by atoms with Crippen molar-refractivity contribution in [1.29, 1.82) is 0 Å². The van der Waals surface area contributed by atoms with Crippen LogP contribution in [0.2, 0.25) is 10.0 Å². The van der Waals surface area contributed by atoms with Gasteiger partial charge >= 0.3 is 0 Å². The predicted molar refractivity (Wildman–Crippen MR) is 110 cm³/mol. The van der Waals surface area contributed by atoms with Crippen LogP contribution in [-0.2, 0) is 0 Å². The molecule has 4 nitrogen and oxygen atoms in total. The summed E-state index contributed by atoms with van der Waals surface area (Å²) < 4.78 is 5.16. The molecule has 0 spiro atoms. The summed E-state index contributed by atoms with van der Waals surface area (Å²) in [5.41, 5.74) is 2.13. The minimum atomic E-state index is -0.176. The van der Waals surface area contributed by atoms with Gasteiger partial charge in [0.2, 0.25) is 0 Å². The molecule has 7 heteroatoms. The lowest BCUT2D eigenvalue weighted by Crippen LogP contribution is -1.93. The molecular weight excluding hydrogens is 405 g/mol. The number of carbonyl (C=O) groups is 1. The number of carbonyl (C=O) groups excluding carboxylic acids is 1. The van der Waals surface area contributed by atoms with Gasteiger partial charge in [0.15, 0.2) is 5.78 Å². The SMILES string of the molecule is COc1ccc(-c2nc(C)c(C(=O)/C=C/c3ccc(O)c(Cl)c3Cl)s2)cc1. The highest BCUT2D eigenvalue weighted by Gasteiger charge is 2.15. The average Bonchev–Trinajstić information content (AvgIpc) is 3.07. The fourth-order valence-corrected chi connectivity index (χ4v) is 3.79. The van der Waals surface area contributed by atoms with Gasteiger partial charge in [-0.25, -0.2) is 4.98 Å². The van der Waals surface area contributed by atoms with Crippen molar-refractivity contribution in [3.63, 3.8) is 0 Å². The Hall–Kier alpha value is -2.34. The molecule has 0 unspecified atom stereocenters. The molecular formula is C20H15Cl2NO3S. The van der Waals surface area contributed by atoms with Gasteiger partial charge in [0.25, 0.3) is 0 Å². The van der Waals surface area contributed by atoms with Crippen LogP contribution in [0.4, 0.5) is 0 Å². The van der Waals surface area contributed by atoms with Gasteiger partial charge in [-0.05, 0) is 61.0 Å². The highest BCUT2D eigenvalue weighted by molar-refractivity contribution is 7.17. The highest BCUT2D eigenvalue weighted by atomic mass is 35.5. The fourth-order valence-electron chi connectivity index (χ4n) is 2.41. The zero-order valence-corrected chi connectivity index (χ0v) is 16.8. The molecule has 0 amide bonds. The number of ketones is 1. The van der Waals surface area contributed by atoms with Crippen LogP contribution in [0.25, 0.3) is 16.6 Å². The Morgan fingerprint density at radius 1 is 1.15 bits per heavy atom. The Morgan fingerprint density at radius 2 is 1.85 bits per heavy atom. The lowest BCUT2D eigenvalue weighted by molar-refractivity contribution is 0.105. The van der Waals surface area contributed by atoms with E-state index in [0.29, 0.717) is 16.1 Å². The van der Waals surface area contributed by atoms with Gasteiger partial charge in [-0.1, -0.05) is 23.2 Å². The van der Waals surface area contributed by atoms with Gasteiger partial charge < -0.3 is 9.84 Å². The number of hydrogen-bond acceptors (Lipinski definition) is 5. The van der Waals surface area contributed by atoms with E-state index in [0.717, 1.165) is 16.3 Å². The van der Waals surface area contributed by atoms with Gasteiger partial charge in [-0.15, -0.1) is 11.3 Å². The third-order valence-corrected chi connectivity index (χ3v) is 5.97. The zero-order chi connectivity index (χ0) is 19.6. The van der Waals surface area contributed by atoms with Crippen LogP contribution in [0.5, 0.6) is 11.5 Å². The Balaban J connectivity index is 1.85. The van der Waals surface area contributed by atoms with Gasteiger partial charge in [0.05, 0.1) is 22.7 Å². The van der Waals surface area contributed by atoms with Crippen molar-refractivity contribution in [2.24, 2.45) is 0 Å². The number of hydrogen-bond donors (Lipinski definition) is 1. The molecule has 1 heterocycles. The Bertz CT molecular complexity index is 1030. The average molecular weight is 420 g/mol. The number of benzene rings is 2. The highest BCUT2D eigenvalue weighted by Crippen LogP contribution is 2.34. The van der Waals surface area contributed by atoms with E-state index in [9.17, 15) is 9.90 Å². The van der Waals surface area contributed by atoms with E-state index in [2.05, 4.69) is 4.98 Å². The number of phenols is 1. The first kappa shape index (κ1) is 19.4. The number of aromatic nitrogens is 1. The summed E-state index contributed by atoms with van der Waals surface area (Å²) in [5.74, 6) is 0.480. The van der Waals surface area contributed by atoms with Crippen LogP contribution < -0.4 is 4.74 Å². The minimum absolute atomic E-state index is 0.0574. The summed E-state index contributed by atoms with van der Waals surface area (Å²) in [4.78, 5) is 17.6. The smallest absolute Gasteiger partial charge is 0.197 e. The number of phenolic OH excluding ortho intramolecular Hbond substituents is 1. The number of rotatable bonds is 5. The normalized spacial score (nSPS) is 11.1. The van der Waals surface area contributed by atoms with Crippen molar-refractivity contribution in [3.8, 4) is 22.1 Å². The Kier molecular flexibility index (Phi) is 5.85. The molecule has 0 aliphatic heterocycles. The van der Waals surface area contributed by atoms with Crippen LogP contribution in [0.1, 0.15) is 20.9 Å². The van der Waals surface area contributed by atoms with Crippen molar-refractivity contribution < 1.29 is 14.6 Å². The topological polar surface area (TPSA) is 59.4 Å². The Morgan fingerprint density at radius 3 is 2.52 bits per heavy atom. The van der Waals surface area contributed by atoms with Gasteiger partial charge in [-0.2, -0.15) is 0 Å². The standard InChI is InChI=1S/C20H15Cl2NO3S/c1-11-19(27-20(23-11)13-3-7-14(26-2)8-4-13)16(25)10-6-12-5-9-15(24)18(22)17(12)21/h3-10,24H,1-2H3/b10-6+. The maximum absolute atomic E-state index is 12.6. The molecule has 0 bridgehead atoms. The monoisotopic (exact) mass is 419 g/mol. The van der Waals surface area contributed by atoms with E-state index in [1.807, 2.05) is 24.3 Å². The minimum Gasteiger partial charge on any atom is -0.506 e. The van der Waals surface area contributed by atoms with Crippen molar-refractivity contribution in [2.45, 2.75) is 6.92 Å². The van der Waals surface area contributed by atoms with Gasteiger partial charge in [-0.3, -0.25) is 4.79 Å². The largest absolute Gasteiger partial charge is 0.506 e. The summed E-state index contributed by atoms with van der Waals surface area (Å²) in [5, 5.41) is 10.6. The third-order valence-electron chi connectivity index (χ3n) is 3.86. The molecule has 1 N–H and O–H groups in total. The molecule has 3 rings (SSSR count). The molecule has 0 atom stereocenters. The molecule has 2 aromatic carbocycles. The van der Waals surface area contributed by atoms with Crippen molar-refractivity contribution >= 4 is 46.4 Å². The van der Waals surface area contributed by atoms with E-state index >= 15 is 0 Å². The second-order valence-electron chi connectivity index (χ2n) is 5.66. The predicted octanol–water partition coefficient (Wildman–Crippen LogP) is 6.04. The quantitative estimate of drug-likeness (QED) is 0.404. The molecule has 27 heavy (non-hydrogen) atoms. The molecule has 0 radical (unpaired) electrons. The van der Waals surface area contributed by atoms with E-state index in [1.54, 1.807) is 26.2 Å². The lowest BCUT2D eigenvalue weighted by Gasteiger charge is -2.02. The third kappa shape index (κ3) is 4.16. The summed E-state index contributed by atoms with van der Waals surface area (Å²) in [7, 11) is 1.61. The van der Waals surface area contributed by atoms with E-state index < -0.39 is 0 Å². The molecule has 0 aliphatic carbocycles. The number of allylic oxidation sites excluding steroid dienone is 1. The number of aryl methyl sites for hydroxylation is 1. The number of halogens is 2. The summed E-state index contributed by atoms with van der Waals surface area (Å²) >= 11 is 13.3. The van der Waals surface area contributed by atoms with E-state index in [4.69, 9.17) is 27.9 Å². The number of aromatic hydroxyl groups is 1. The van der Waals surface area contributed by atoms with Gasteiger partial charge in [0.1, 0.15) is 21.5 Å². The first-order valence-electron chi connectivity index (χ1n) is 7.92. The number of nitrogens with zero attached hydrogens (tertiary/aromatic N) is 1. The summed E-state index contributed by atoms with van der Waals surface area (Å²) in [6.45, 7) is 1.80. The molecule has 3 aromatic rings. The second-order valence-corrected chi connectivity index (χ2v) is 7.42. The van der Waals surface area contributed by atoms with Crippen LogP contribution in [0.3, 0.4) is 0 Å². The maximum Gasteiger partial charge on any atom is 0.197 e. The first-order valence-corrected chi connectivity index (χ1v) is 9.49. The fraction of sp³-hybridized carbons (Fsp3) is 0.100. The Labute approximate surface area is 170 Å². The molecule has 0 fully saturated rings. The maximum atomic E-state index is 12.6. The molecule has 1 aromatic heterocycles.